The largest absolute Gasteiger partial charge is 0.481 e. The van der Waals surface area contributed by atoms with E-state index in [1.54, 1.807) is 26.0 Å². The van der Waals surface area contributed by atoms with Crippen LogP contribution >= 0.6 is 11.6 Å². The fourth-order valence-electron chi connectivity index (χ4n) is 1.56. The Bertz CT molecular complexity index is 457. The van der Waals surface area contributed by atoms with Crippen LogP contribution in [-0.4, -0.2) is 22.6 Å². The van der Waals surface area contributed by atoms with Crippen LogP contribution < -0.4 is 10.6 Å². The molecule has 1 rings (SSSR count). The van der Waals surface area contributed by atoms with E-state index >= 15 is 0 Å². The summed E-state index contributed by atoms with van der Waals surface area (Å²) in [6, 6.07) is 6.70. The summed E-state index contributed by atoms with van der Waals surface area (Å²) in [6.07, 6.45) is -0.138. The van der Waals surface area contributed by atoms with E-state index in [4.69, 9.17) is 16.7 Å². The van der Waals surface area contributed by atoms with Crippen molar-refractivity contribution in [2.24, 2.45) is 0 Å². The summed E-state index contributed by atoms with van der Waals surface area (Å²) in [5, 5.41) is 14.6. The van der Waals surface area contributed by atoms with Crippen molar-refractivity contribution in [2.45, 2.75) is 32.4 Å². The predicted octanol–water partition coefficient (Wildman–Crippen LogP) is 2.39. The van der Waals surface area contributed by atoms with Gasteiger partial charge in [0.05, 0.1) is 6.42 Å². The zero-order chi connectivity index (χ0) is 14.5. The number of carbonyl (C=O) groups excluding carboxylic acids is 1. The minimum Gasteiger partial charge on any atom is -0.481 e. The van der Waals surface area contributed by atoms with Gasteiger partial charge < -0.3 is 15.7 Å². The van der Waals surface area contributed by atoms with Crippen molar-refractivity contribution in [1.29, 1.82) is 0 Å². The second-order valence-electron chi connectivity index (χ2n) is 4.89. The van der Waals surface area contributed by atoms with Crippen LogP contribution in [0.3, 0.4) is 0 Å². The van der Waals surface area contributed by atoms with Gasteiger partial charge in [0, 0.05) is 17.1 Å². The molecule has 0 radical (unpaired) electrons. The van der Waals surface area contributed by atoms with E-state index in [-0.39, 0.29) is 6.42 Å². The highest BCUT2D eigenvalue weighted by atomic mass is 35.5. The number of aliphatic carboxylic acids is 1. The number of benzene rings is 1. The molecular formula is C13H17ClN2O3. The van der Waals surface area contributed by atoms with Crippen molar-refractivity contribution in [3.63, 3.8) is 0 Å². The molecule has 2 amide bonds. The van der Waals surface area contributed by atoms with Crippen molar-refractivity contribution in [3.8, 4) is 0 Å². The molecule has 6 heteroatoms. The number of rotatable bonds is 5. The summed E-state index contributed by atoms with van der Waals surface area (Å²) in [4.78, 5) is 22.3. The predicted molar refractivity (Wildman–Crippen MR) is 73.2 cm³/mol. The quantitative estimate of drug-likeness (QED) is 0.777. The third-order valence-electron chi connectivity index (χ3n) is 2.41. The highest BCUT2D eigenvalue weighted by Crippen LogP contribution is 2.10. The smallest absolute Gasteiger partial charge is 0.315 e. The molecule has 3 N–H and O–H groups in total. The second-order valence-corrected chi connectivity index (χ2v) is 5.32. The van der Waals surface area contributed by atoms with Gasteiger partial charge in [-0.05, 0) is 31.5 Å². The first-order valence-corrected chi connectivity index (χ1v) is 6.18. The molecule has 1 aromatic carbocycles. The average Bonchev–Trinajstić information content (AvgIpc) is 2.25. The molecule has 19 heavy (non-hydrogen) atoms. The number of nitrogens with one attached hydrogen (secondary N) is 2. The van der Waals surface area contributed by atoms with Crippen LogP contribution in [0.15, 0.2) is 24.3 Å². The second kappa shape index (κ2) is 6.43. The Hall–Kier alpha value is -1.75. The standard InChI is InChI=1S/C13H17ClN2O3/c1-13(2,7-11(17)18)16-12(19)15-8-9-3-5-10(14)6-4-9/h3-6H,7-8H2,1-2H3,(H,17,18)(H2,15,16,19). The third-order valence-corrected chi connectivity index (χ3v) is 2.66. The van der Waals surface area contributed by atoms with Gasteiger partial charge >= 0.3 is 12.0 Å². The minimum absolute atomic E-state index is 0.138. The summed E-state index contributed by atoms with van der Waals surface area (Å²) >= 11 is 5.75. The lowest BCUT2D eigenvalue weighted by molar-refractivity contribution is -0.138. The lowest BCUT2D eigenvalue weighted by Gasteiger charge is -2.24. The number of hydrogen-bond acceptors (Lipinski definition) is 2. The van der Waals surface area contributed by atoms with Gasteiger partial charge in [-0.2, -0.15) is 0 Å². The number of hydrogen-bond donors (Lipinski definition) is 3. The van der Waals surface area contributed by atoms with E-state index in [0.29, 0.717) is 11.6 Å². The van der Waals surface area contributed by atoms with Gasteiger partial charge in [0.2, 0.25) is 0 Å². The summed E-state index contributed by atoms with van der Waals surface area (Å²) in [5.74, 6) is -0.956. The average molecular weight is 285 g/mol. The first-order valence-electron chi connectivity index (χ1n) is 5.81. The summed E-state index contributed by atoms with van der Waals surface area (Å²) in [5.41, 5.74) is 0.117. The Labute approximate surface area is 117 Å². The molecule has 0 bridgehead atoms. The van der Waals surface area contributed by atoms with Crippen molar-refractivity contribution in [3.05, 3.63) is 34.9 Å². The maximum Gasteiger partial charge on any atom is 0.315 e. The van der Waals surface area contributed by atoms with Crippen LogP contribution in [0.2, 0.25) is 5.02 Å². The van der Waals surface area contributed by atoms with Gasteiger partial charge in [-0.15, -0.1) is 0 Å². The highest BCUT2D eigenvalue weighted by molar-refractivity contribution is 6.30. The van der Waals surface area contributed by atoms with Gasteiger partial charge in [0.1, 0.15) is 0 Å². The fourth-order valence-corrected chi connectivity index (χ4v) is 1.68. The Kier molecular flexibility index (Phi) is 5.18. The molecule has 0 aliphatic heterocycles. The van der Waals surface area contributed by atoms with Crippen LogP contribution in [0.1, 0.15) is 25.8 Å². The number of urea groups is 1. The molecule has 104 valence electrons. The molecule has 0 aromatic heterocycles. The normalized spacial score (nSPS) is 10.9. The molecular weight excluding hydrogens is 268 g/mol. The van der Waals surface area contributed by atoms with Crippen molar-refractivity contribution in [2.75, 3.05) is 0 Å². The monoisotopic (exact) mass is 284 g/mol. The Balaban J connectivity index is 2.43. The lowest BCUT2D eigenvalue weighted by atomic mass is 10.0. The molecule has 0 unspecified atom stereocenters. The number of amides is 2. The SMILES string of the molecule is CC(C)(CC(=O)O)NC(=O)NCc1ccc(Cl)cc1. The minimum atomic E-state index is -0.956. The molecule has 0 fully saturated rings. The molecule has 0 saturated carbocycles. The number of carbonyl (C=O) groups is 2. The Morgan fingerprint density at radius 3 is 2.37 bits per heavy atom. The Morgan fingerprint density at radius 2 is 1.84 bits per heavy atom. The molecule has 0 saturated heterocycles. The van der Waals surface area contributed by atoms with Crippen LogP contribution in [0, 0.1) is 0 Å². The van der Waals surface area contributed by atoms with E-state index < -0.39 is 17.5 Å². The maximum absolute atomic E-state index is 11.6. The fraction of sp³-hybridized carbons (Fsp3) is 0.385. The summed E-state index contributed by atoms with van der Waals surface area (Å²) in [6.45, 7) is 3.66. The van der Waals surface area contributed by atoms with Crippen LogP contribution in [-0.2, 0) is 11.3 Å². The van der Waals surface area contributed by atoms with Gasteiger partial charge in [-0.1, -0.05) is 23.7 Å². The molecule has 0 heterocycles. The van der Waals surface area contributed by atoms with E-state index in [0.717, 1.165) is 5.56 Å². The third kappa shape index (κ3) is 6.10. The molecule has 0 aliphatic rings. The van der Waals surface area contributed by atoms with E-state index in [9.17, 15) is 9.59 Å². The molecule has 5 nitrogen and oxygen atoms in total. The van der Waals surface area contributed by atoms with E-state index in [1.807, 2.05) is 12.1 Å². The topological polar surface area (TPSA) is 78.4 Å². The van der Waals surface area contributed by atoms with Crippen molar-refractivity contribution < 1.29 is 14.7 Å². The molecule has 0 atom stereocenters. The van der Waals surface area contributed by atoms with Gasteiger partial charge in [-0.3, -0.25) is 4.79 Å². The zero-order valence-electron chi connectivity index (χ0n) is 10.9. The zero-order valence-corrected chi connectivity index (χ0v) is 11.6. The first kappa shape index (κ1) is 15.3. The van der Waals surface area contributed by atoms with Gasteiger partial charge in [-0.25, -0.2) is 4.79 Å². The van der Waals surface area contributed by atoms with Crippen LogP contribution in [0.5, 0.6) is 0 Å². The Morgan fingerprint density at radius 1 is 1.26 bits per heavy atom. The lowest BCUT2D eigenvalue weighted by Crippen LogP contribution is -2.49. The summed E-state index contributed by atoms with van der Waals surface area (Å²) in [7, 11) is 0. The number of halogens is 1. The van der Waals surface area contributed by atoms with E-state index in [2.05, 4.69) is 10.6 Å². The summed E-state index contributed by atoms with van der Waals surface area (Å²) < 4.78 is 0. The molecule has 0 spiro atoms. The molecule has 0 aliphatic carbocycles. The van der Waals surface area contributed by atoms with Gasteiger partial charge in [0.25, 0.3) is 0 Å². The van der Waals surface area contributed by atoms with Gasteiger partial charge in [0.15, 0.2) is 0 Å². The van der Waals surface area contributed by atoms with Crippen molar-refractivity contribution >= 4 is 23.6 Å². The van der Waals surface area contributed by atoms with E-state index in [1.165, 1.54) is 0 Å². The first-order chi connectivity index (χ1) is 8.78. The van der Waals surface area contributed by atoms with Crippen LogP contribution in [0.25, 0.3) is 0 Å². The maximum atomic E-state index is 11.6. The number of carboxylic acid groups (broad SMARTS) is 1. The number of carboxylic acids is 1. The highest BCUT2D eigenvalue weighted by Gasteiger charge is 2.23. The van der Waals surface area contributed by atoms with Crippen molar-refractivity contribution in [1.82, 2.24) is 10.6 Å². The van der Waals surface area contributed by atoms with Crippen LogP contribution in [0.4, 0.5) is 4.79 Å². The molecule has 1 aromatic rings.